The van der Waals surface area contributed by atoms with E-state index in [1.54, 1.807) is 24.3 Å². The fraction of sp³-hybridized carbons (Fsp3) is 0.600. The van der Waals surface area contributed by atoms with Crippen LogP contribution in [0.1, 0.15) is 32.6 Å². The summed E-state index contributed by atoms with van der Waals surface area (Å²) in [4.78, 5) is 0.264. The Morgan fingerprint density at radius 2 is 2.00 bits per heavy atom. The van der Waals surface area contributed by atoms with Gasteiger partial charge in [0.05, 0.1) is 12.4 Å². The van der Waals surface area contributed by atoms with E-state index in [1.807, 2.05) is 0 Å². The van der Waals surface area contributed by atoms with Crippen LogP contribution in [0.2, 0.25) is 0 Å². The summed E-state index contributed by atoms with van der Waals surface area (Å²) in [6.07, 6.45) is 3.45. The molecule has 20 heavy (non-hydrogen) atoms. The second-order valence-electron chi connectivity index (χ2n) is 5.49. The van der Waals surface area contributed by atoms with Crippen molar-refractivity contribution < 1.29 is 13.2 Å². The Morgan fingerprint density at radius 3 is 2.65 bits per heavy atom. The molecule has 2 rings (SSSR count). The number of rotatable bonds is 4. The van der Waals surface area contributed by atoms with Crippen LogP contribution in [0.4, 0.5) is 0 Å². The van der Waals surface area contributed by atoms with Crippen LogP contribution in [-0.4, -0.2) is 26.8 Å². The van der Waals surface area contributed by atoms with E-state index in [2.05, 4.69) is 6.92 Å². The van der Waals surface area contributed by atoms with Crippen molar-refractivity contribution in [3.63, 3.8) is 0 Å². The molecular formula is C15H23NO3S. The molecule has 112 valence electrons. The summed E-state index contributed by atoms with van der Waals surface area (Å²) in [6.45, 7) is 2.11. The van der Waals surface area contributed by atoms with E-state index in [9.17, 15) is 8.42 Å². The zero-order valence-corrected chi connectivity index (χ0v) is 12.9. The average molecular weight is 297 g/mol. The number of nitrogens with two attached hydrogens (primary N) is 1. The third-order valence-electron chi connectivity index (χ3n) is 4.30. The van der Waals surface area contributed by atoms with Crippen molar-refractivity contribution in [2.24, 2.45) is 11.7 Å². The first-order chi connectivity index (χ1) is 9.50. The maximum atomic E-state index is 12.9. The van der Waals surface area contributed by atoms with Gasteiger partial charge in [0.1, 0.15) is 10.6 Å². The zero-order valence-electron chi connectivity index (χ0n) is 12.1. The van der Waals surface area contributed by atoms with E-state index in [0.717, 1.165) is 19.3 Å². The monoisotopic (exact) mass is 297 g/mol. The number of ether oxygens (including phenoxy) is 1. The molecule has 1 aliphatic carbocycles. The molecule has 0 saturated heterocycles. The van der Waals surface area contributed by atoms with E-state index >= 15 is 0 Å². The molecule has 5 heteroatoms. The van der Waals surface area contributed by atoms with Crippen LogP contribution in [0.3, 0.4) is 0 Å². The van der Waals surface area contributed by atoms with E-state index < -0.39 is 15.1 Å². The lowest BCUT2D eigenvalue weighted by molar-refractivity contribution is 0.318. The molecule has 3 atom stereocenters. The molecule has 3 unspecified atom stereocenters. The third kappa shape index (κ3) is 2.83. The van der Waals surface area contributed by atoms with Gasteiger partial charge in [-0.2, -0.15) is 0 Å². The van der Waals surface area contributed by atoms with Crippen LogP contribution in [0.5, 0.6) is 5.75 Å². The lowest BCUT2D eigenvalue weighted by atomic mass is 9.84. The summed E-state index contributed by atoms with van der Waals surface area (Å²) in [5.41, 5.74) is 6.09. The minimum Gasteiger partial charge on any atom is -0.495 e. The topological polar surface area (TPSA) is 69.4 Å². The Morgan fingerprint density at radius 1 is 1.30 bits per heavy atom. The zero-order chi connectivity index (χ0) is 14.8. The highest BCUT2D eigenvalue weighted by Gasteiger charge is 2.38. The summed E-state index contributed by atoms with van der Waals surface area (Å²) in [6, 6.07) is 6.50. The van der Waals surface area contributed by atoms with Crippen molar-refractivity contribution >= 4 is 9.84 Å². The van der Waals surface area contributed by atoms with Gasteiger partial charge in [-0.15, -0.1) is 0 Å². The molecule has 0 aromatic heterocycles. The predicted molar refractivity (Wildman–Crippen MR) is 79.6 cm³/mol. The smallest absolute Gasteiger partial charge is 0.186 e. The number of hydrogen-bond acceptors (Lipinski definition) is 4. The number of hydrogen-bond donors (Lipinski definition) is 1. The largest absolute Gasteiger partial charge is 0.495 e. The molecule has 1 aliphatic rings. The van der Waals surface area contributed by atoms with E-state index in [-0.39, 0.29) is 10.9 Å². The SMILES string of the molecule is CCC1CCC(N)C(S(=O)(=O)c2ccccc2OC)C1. The molecule has 1 saturated carbocycles. The summed E-state index contributed by atoms with van der Waals surface area (Å²) >= 11 is 0. The molecule has 0 radical (unpaired) electrons. The Kier molecular flexibility index (Phi) is 4.70. The molecule has 4 nitrogen and oxygen atoms in total. The molecule has 0 bridgehead atoms. The van der Waals surface area contributed by atoms with Crippen LogP contribution in [0, 0.1) is 5.92 Å². The first-order valence-corrected chi connectivity index (χ1v) is 8.67. The van der Waals surface area contributed by atoms with E-state index in [1.165, 1.54) is 7.11 Å². The normalized spacial score (nSPS) is 27.2. The molecular weight excluding hydrogens is 274 g/mol. The number of para-hydroxylation sites is 1. The quantitative estimate of drug-likeness (QED) is 0.926. The minimum atomic E-state index is -3.45. The van der Waals surface area contributed by atoms with Gasteiger partial charge in [0.15, 0.2) is 9.84 Å². The second-order valence-corrected chi connectivity index (χ2v) is 7.62. The molecule has 2 N–H and O–H groups in total. The van der Waals surface area contributed by atoms with Crippen LogP contribution in [-0.2, 0) is 9.84 Å². The Labute approximate surface area is 121 Å². The molecule has 0 spiro atoms. The summed E-state index contributed by atoms with van der Waals surface area (Å²) < 4.78 is 30.9. The molecule has 1 fully saturated rings. The van der Waals surface area contributed by atoms with Gasteiger partial charge in [-0.1, -0.05) is 25.5 Å². The van der Waals surface area contributed by atoms with Gasteiger partial charge in [-0.25, -0.2) is 8.42 Å². The molecule has 1 aromatic carbocycles. The van der Waals surface area contributed by atoms with Gasteiger partial charge in [0, 0.05) is 6.04 Å². The van der Waals surface area contributed by atoms with Gasteiger partial charge in [-0.05, 0) is 37.3 Å². The minimum absolute atomic E-state index is 0.264. The molecule has 1 aromatic rings. The number of sulfone groups is 1. The van der Waals surface area contributed by atoms with Crippen molar-refractivity contribution in [3.8, 4) is 5.75 Å². The highest BCUT2D eigenvalue weighted by atomic mass is 32.2. The van der Waals surface area contributed by atoms with E-state index in [0.29, 0.717) is 18.1 Å². The van der Waals surface area contributed by atoms with Gasteiger partial charge in [-0.3, -0.25) is 0 Å². The van der Waals surface area contributed by atoms with Gasteiger partial charge >= 0.3 is 0 Å². The van der Waals surface area contributed by atoms with Crippen molar-refractivity contribution in [1.82, 2.24) is 0 Å². The van der Waals surface area contributed by atoms with Crippen LogP contribution >= 0.6 is 0 Å². The molecule has 0 heterocycles. The third-order valence-corrected chi connectivity index (χ3v) is 6.59. The molecule has 0 amide bonds. The first-order valence-electron chi connectivity index (χ1n) is 7.13. The second kappa shape index (κ2) is 6.14. The van der Waals surface area contributed by atoms with Crippen LogP contribution in [0.15, 0.2) is 29.2 Å². The maximum Gasteiger partial charge on any atom is 0.186 e. The van der Waals surface area contributed by atoms with Crippen LogP contribution in [0.25, 0.3) is 0 Å². The Balaban J connectivity index is 2.38. The van der Waals surface area contributed by atoms with Gasteiger partial charge < -0.3 is 10.5 Å². The van der Waals surface area contributed by atoms with Gasteiger partial charge in [0.25, 0.3) is 0 Å². The summed E-state index contributed by atoms with van der Waals surface area (Å²) in [7, 11) is -1.96. The number of benzene rings is 1. The van der Waals surface area contributed by atoms with E-state index in [4.69, 9.17) is 10.5 Å². The average Bonchev–Trinajstić information content (AvgIpc) is 2.47. The van der Waals surface area contributed by atoms with Crippen molar-refractivity contribution in [3.05, 3.63) is 24.3 Å². The van der Waals surface area contributed by atoms with Crippen molar-refractivity contribution in [2.45, 2.75) is 48.8 Å². The standard InChI is InChI=1S/C15H23NO3S/c1-3-11-8-9-12(16)15(10-11)20(17,18)14-7-5-4-6-13(14)19-2/h4-7,11-12,15H,3,8-10,16H2,1-2H3. The summed E-state index contributed by atoms with van der Waals surface area (Å²) in [5.74, 6) is 0.850. The van der Waals surface area contributed by atoms with Crippen molar-refractivity contribution in [1.29, 1.82) is 0 Å². The Hall–Kier alpha value is -1.07. The highest BCUT2D eigenvalue weighted by molar-refractivity contribution is 7.92. The van der Waals surface area contributed by atoms with Crippen LogP contribution < -0.4 is 10.5 Å². The molecule has 0 aliphatic heterocycles. The first kappa shape index (κ1) is 15.3. The lowest BCUT2D eigenvalue weighted by Gasteiger charge is -2.33. The van der Waals surface area contributed by atoms with Crippen molar-refractivity contribution in [2.75, 3.05) is 7.11 Å². The Bertz CT molecular complexity index is 556. The van der Waals surface area contributed by atoms with Gasteiger partial charge in [0.2, 0.25) is 0 Å². The fourth-order valence-electron chi connectivity index (χ4n) is 2.98. The lowest BCUT2D eigenvalue weighted by Crippen LogP contribution is -2.45. The highest BCUT2D eigenvalue weighted by Crippen LogP contribution is 2.35. The predicted octanol–water partition coefficient (Wildman–Crippen LogP) is 2.37. The number of methoxy groups -OCH3 is 1. The fourth-order valence-corrected chi connectivity index (χ4v) is 5.13. The summed E-state index contributed by atoms with van der Waals surface area (Å²) in [5, 5.41) is -0.502. The maximum absolute atomic E-state index is 12.9.